The van der Waals surface area contributed by atoms with Crippen LogP contribution in [0.15, 0.2) is 0 Å². The van der Waals surface area contributed by atoms with Crippen LogP contribution in [0.25, 0.3) is 0 Å². The van der Waals surface area contributed by atoms with Gasteiger partial charge in [-0.2, -0.15) is 0 Å². The number of carbonyl (C=O) groups excluding carboxylic acids is 1. The Morgan fingerprint density at radius 1 is 1.35 bits per heavy atom. The quantitative estimate of drug-likeness (QED) is 0.608. The van der Waals surface area contributed by atoms with Crippen molar-refractivity contribution in [2.24, 2.45) is 5.41 Å². The first kappa shape index (κ1) is 11.3. The molecule has 1 aliphatic carbocycles. The molecule has 1 saturated carbocycles. The maximum atomic E-state index is 12.0. The Balaban J connectivity index is 1.58. The number of likely N-dealkylation sites (tertiary alicyclic amines) is 1. The van der Waals surface area contributed by atoms with Gasteiger partial charge in [0.2, 0.25) is 0 Å². The number of nitrogens with zero attached hydrogens (tertiary/aromatic N) is 1. The summed E-state index contributed by atoms with van der Waals surface area (Å²) < 4.78 is 10.9. The molecule has 3 rings (SSSR count). The summed E-state index contributed by atoms with van der Waals surface area (Å²) >= 11 is 0. The molecule has 2 saturated heterocycles. The van der Waals surface area contributed by atoms with Crippen LogP contribution in [-0.4, -0.2) is 41.9 Å². The van der Waals surface area contributed by atoms with Gasteiger partial charge in [-0.25, -0.2) is 4.79 Å². The van der Waals surface area contributed by atoms with Crippen LogP contribution in [0, 0.1) is 5.41 Å². The van der Waals surface area contributed by atoms with Crippen molar-refractivity contribution in [2.75, 3.05) is 13.1 Å². The number of rotatable bonds is 0. The molecular formula is C13H21NO3. The van der Waals surface area contributed by atoms with Crippen LogP contribution in [0.1, 0.15) is 40.0 Å². The van der Waals surface area contributed by atoms with E-state index in [-0.39, 0.29) is 6.09 Å². The lowest BCUT2D eigenvalue weighted by Crippen LogP contribution is -2.36. The summed E-state index contributed by atoms with van der Waals surface area (Å²) in [6.07, 6.45) is 4.22. The molecule has 2 heterocycles. The molecule has 0 N–H and O–H groups in total. The van der Waals surface area contributed by atoms with Gasteiger partial charge in [0.05, 0.1) is 12.2 Å². The second-order valence-electron chi connectivity index (χ2n) is 6.77. The third-order valence-electron chi connectivity index (χ3n) is 4.05. The van der Waals surface area contributed by atoms with Gasteiger partial charge >= 0.3 is 6.09 Å². The molecule has 0 aromatic carbocycles. The van der Waals surface area contributed by atoms with Crippen LogP contribution in [0.5, 0.6) is 0 Å². The van der Waals surface area contributed by atoms with Gasteiger partial charge < -0.3 is 14.4 Å². The van der Waals surface area contributed by atoms with Gasteiger partial charge in [-0.15, -0.1) is 0 Å². The summed E-state index contributed by atoms with van der Waals surface area (Å²) in [7, 11) is 0. The molecule has 2 unspecified atom stereocenters. The van der Waals surface area contributed by atoms with E-state index in [0.717, 1.165) is 32.4 Å². The van der Waals surface area contributed by atoms with Crippen LogP contribution in [0.2, 0.25) is 0 Å². The SMILES string of the molecule is CC(C)(C)OC(=O)N1CCC2(CC3OC3C2)C1. The molecule has 2 atom stereocenters. The second-order valence-corrected chi connectivity index (χ2v) is 6.77. The van der Waals surface area contributed by atoms with Crippen LogP contribution < -0.4 is 0 Å². The standard InChI is InChI=1S/C13H21NO3/c1-12(2,3)17-11(15)14-5-4-13(8-14)6-9-10(7-13)16-9/h9-10H,4-8H2,1-3H3. The maximum absolute atomic E-state index is 12.0. The fourth-order valence-corrected chi connectivity index (χ4v) is 3.23. The highest BCUT2D eigenvalue weighted by Gasteiger charge is 2.58. The first-order valence-corrected chi connectivity index (χ1v) is 6.50. The van der Waals surface area contributed by atoms with Gasteiger partial charge in [-0.3, -0.25) is 0 Å². The smallest absolute Gasteiger partial charge is 0.410 e. The monoisotopic (exact) mass is 239 g/mol. The lowest BCUT2D eigenvalue weighted by atomic mass is 9.85. The van der Waals surface area contributed by atoms with Crippen molar-refractivity contribution in [3.05, 3.63) is 0 Å². The summed E-state index contributed by atoms with van der Waals surface area (Å²) in [6, 6.07) is 0. The van der Waals surface area contributed by atoms with Crippen LogP contribution in [0.3, 0.4) is 0 Å². The number of amides is 1. The van der Waals surface area contributed by atoms with E-state index in [1.54, 1.807) is 0 Å². The van der Waals surface area contributed by atoms with Crippen molar-refractivity contribution in [1.29, 1.82) is 0 Å². The van der Waals surface area contributed by atoms with E-state index >= 15 is 0 Å². The number of carbonyl (C=O) groups is 1. The minimum atomic E-state index is -0.395. The molecule has 1 spiro atoms. The molecule has 17 heavy (non-hydrogen) atoms. The molecule has 4 heteroatoms. The molecule has 1 amide bonds. The highest BCUT2D eigenvalue weighted by Crippen LogP contribution is 2.54. The van der Waals surface area contributed by atoms with Crippen molar-refractivity contribution in [2.45, 2.75) is 57.8 Å². The average Bonchev–Trinajstić information content (AvgIpc) is 2.66. The van der Waals surface area contributed by atoms with Crippen molar-refractivity contribution in [3.63, 3.8) is 0 Å². The molecule has 96 valence electrons. The molecule has 0 aromatic heterocycles. The Bertz CT molecular complexity index is 337. The van der Waals surface area contributed by atoms with E-state index in [1.807, 2.05) is 25.7 Å². The predicted molar refractivity (Wildman–Crippen MR) is 62.8 cm³/mol. The van der Waals surface area contributed by atoms with Gasteiger partial charge in [0.25, 0.3) is 0 Å². The fourth-order valence-electron chi connectivity index (χ4n) is 3.23. The van der Waals surface area contributed by atoms with E-state index in [0.29, 0.717) is 17.6 Å². The van der Waals surface area contributed by atoms with E-state index in [9.17, 15) is 4.79 Å². The minimum Gasteiger partial charge on any atom is -0.444 e. The van der Waals surface area contributed by atoms with Gasteiger partial charge in [0.1, 0.15) is 5.60 Å². The highest BCUT2D eigenvalue weighted by molar-refractivity contribution is 5.68. The Labute approximate surface area is 102 Å². The third kappa shape index (κ3) is 2.15. The van der Waals surface area contributed by atoms with Gasteiger partial charge in [-0.1, -0.05) is 0 Å². The summed E-state index contributed by atoms with van der Waals surface area (Å²) in [5.74, 6) is 0. The highest BCUT2D eigenvalue weighted by atomic mass is 16.6. The van der Waals surface area contributed by atoms with Gasteiger partial charge in [0, 0.05) is 13.1 Å². The molecule has 2 aliphatic heterocycles. The summed E-state index contributed by atoms with van der Waals surface area (Å²) in [6.45, 7) is 7.44. The van der Waals surface area contributed by atoms with E-state index in [4.69, 9.17) is 9.47 Å². The number of hydrogen-bond donors (Lipinski definition) is 0. The topological polar surface area (TPSA) is 42.1 Å². The largest absolute Gasteiger partial charge is 0.444 e. The minimum absolute atomic E-state index is 0.157. The zero-order valence-electron chi connectivity index (χ0n) is 10.9. The van der Waals surface area contributed by atoms with E-state index < -0.39 is 5.60 Å². The van der Waals surface area contributed by atoms with Crippen LogP contribution in [0.4, 0.5) is 4.79 Å². The number of hydrogen-bond acceptors (Lipinski definition) is 3. The van der Waals surface area contributed by atoms with Crippen molar-refractivity contribution in [1.82, 2.24) is 4.90 Å². The summed E-state index contributed by atoms with van der Waals surface area (Å²) in [5, 5.41) is 0. The molecule has 0 aromatic rings. The second kappa shape index (κ2) is 3.37. The molecule has 3 aliphatic rings. The average molecular weight is 239 g/mol. The van der Waals surface area contributed by atoms with Crippen molar-refractivity contribution < 1.29 is 14.3 Å². The zero-order chi connectivity index (χ0) is 12.3. The fraction of sp³-hybridized carbons (Fsp3) is 0.923. The molecule has 0 radical (unpaired) electrons. The Hall–Kier alpha value is -0.770. The Kier molecular flexibility index (Phi) is 2.25. The third-order valence-corrected chi connectivity index (χ3v) is 4.05. The van der Waals surface area contributed by atoms with Gasteiger partial charge in [0.15, 0.2) is 0 Å². The number of epoxide rings is 1. The number of ether oxygens (including phenoxy) is 2. The molecular weight excluding hydrogens is 218 g/mol. The first-order valence-electron chi connectivity index (χ1n) is 6.50. The normalized spacial score (nSPS) is 39.6. The van der Waals surface area contributed by atoms with Crippen molar-refractivity contribution in [3.8, 4) is 0 Å². The molecule has 0 bridgehead atoms. The number of fused-ring (bicyclic) bond motifs is 1. The predicted octanol–water partition coefficient (Wildman–Crippen LogP) is 2.17. The molecule has 3 fully saturated rings. The lowest BCUT2D eigenvalue weighted by molar-refractivity contribution is 0.0264. The summed E-state index contributed by atoms with van der Waals surface area (Å²) in [4.78, 5) is 13.8. The van der Waals surface area contributed by atoms with Crippen molar-refractivity contribution >= 4 is 6.09 Å². The first-order chi connectivity index (χ1) is 7.87. The lowest BCUT2D eigenvalue weighted by Gasteiger charge is -2.27. The maximum Gasteiger partial charge on any atom is 0.410 e. The van der Waals surface area contributed by atoms with Gasteiger partial charge in [-0.05, 0) is 45.4 Å². The van der Waals surface area contributed by atoms with E-state index in [2.05, 4.69) is 0 Å². The summed E-state index contributed by atoms with van der Waals surface area (Å²) in [5.41, 5.74) is -0.0573. The van der Waals surface area contributed by atoms with Crippen LogP contribution >= 0.6 is 0 Å². The molecule has 4 nitrogen and oxygen atoms in total. The van der Waals surface area contributed by atoms with E-state index in [1.165, 1.54) is 0 Å². The van der Waals surface area contributed by atoms with Crippen LogP contribution in [-0.2, 0) is 9.47 Å². The zero-order valence-corrected chi connectivity index (χ0v) is 10.9. The Morgan fingerprint density at radius 2 is 2.00 bits per heavy atom. The Morgan fingerprint density at radius 3 is 2.59 bits per heavy atom.